The summed E-state index contributed by atoms with van der Waals surface area (Å²) in [5.41, 5.74) is 14.9. The summed E-state index contributed by atoms with van der Waals surface area (Å²) in [6.07, 6.45) is 0. The second kappa shape index (κ2) is 11.7. The Morgan fingerprint density at radius 3 is 1.23 bits per heavy atom. The van der Waals surface area contributed by atoms with Gasteiger partial charge in [0.25, 0.3) is 11.8 Å². The van der Waals surface area contributed by atoms with E-state index in [-0.39, 0.29) is 11.8 Å². The second-order valence-corrected chi connectivity index (χ2v) is 8.88. The third-order valence-electron chi connectivity index (χ3n) is 5.85. The molecule has 2 amide bonds. The molecule has 0 radical (unpaired) electrons. The van der Waals surface area contributed by atoms with Crippen LogP contribution in [-0.4, -0.2) is 11.8 Å². The number of carbonyl (C=O) groups excluding carboxylic acids is 2. The Morgan fingerprint density at radius 2 is 0.850 bits per heavy atom. The van der Waals surface area contributed by atoms with Crippen LogP contribution in [0.4, 0.5) is 22.7 Å². The lowest BCUT2D eigenvalue weighted by molar-refractivity contribution is 0.101. The minimum absolute atomic E-state index is 0.226. The Kier molecular flexibility index (Phi) is 7.60. The molecule has 0 saturated carbocycles. The SMILES string of the molecule is Nc1ccc(C(=O)Nc2ccc(Oc3cccc(Oc4ccc(NC(=O)c5ccc(N)cc5)cc4)c3)cc2)cc1. The second-order valence-electron chi connectivity index (χ2n) is 8.88. The van der Waals surface area contributed by atoms with E-state index in [1.54, 1.807) is 103 Å². The molecule has 5 aromatic rings. The predicted octanol–water partition coefficient (Wildman–Crippen LogP) is 6.94. The van der Waals surface area contributed by atoms with Gasteiger partial charge in [0.2, 0.25) is 0 Å². The fraction of sp³-hybridized carbons (Fsp3) is 0. The van der Waals surface area contributed by atoms with Crippen LogP contribution in [-0.2, 0) is 0 Å². The molecule has 0 fully saturated rings. The van der Waals surface area contributed by atoms with Gasteiger partial charge in [0.15, 0.2) is 0 Å². The smallest absolute Gasteiger partial charge is 0.255 e. The number of rotatable bonds is 8. The summed E-state index contributed by atoms with van der Waals surface area (Å²) in [5, 5.41) is 5.69. The topological polar surface area (TPSA) is 129 Å². The van der Waals surface area contributed by atoms with E-state index < -0.39 is 0 Å². The number of anilines is 4. The van der Waals surface area contributed by atoms with Crippen LogP contribution < -0.4 is 31.6 Å². The van der Waals surface area contributed by atoms with E-state index in [0.29, 0.717) is 56.9 Å². The highest BCUT2D eigenvalue weighted by Gasteiger charge is 2.08. The van der Waals surface area contributed by atoms with Gasteiger partial charge in [0.05, 0.1) is 0 Å². The number of hydrogen-bond acceptors (Lipinski definition) is 6. The van der Waals surface area contributed by atoms with E-state index in [4.69, 9.17) is 20.9 Å². The molecule has 6 N–H and O–H groups in total. The Labute approximate surface area is 231 Å². The largest absolute Gasteiger partial charge is 0.457 e. The van der Waals surface area contributed by atoms with Crippen molar-refractivity contribution in [1.82, 2.24) is 0 Å². The number of nitrogens with one attached hydrogen (secondary N) is 2. The van der Waals surface area contributed by atoms with Crippen molar-refractivity contribution in [2.75, 3.05) is 22.1 Å². The summed E-state index contributed by atoms with van der Waals surface area (Å²) in [4.78, 5) is 24.8. The van der Waals surface area contributed by atoms with Crippen LogP contribution in [0, 0.1) is 0 Å². The standard InChI is InChI=1S/C32H26N4O4/c33-23-8-4-21(5-9-23)31(37)35-25-12-16-27(17-13-25)39-29-2-1-3-30(20-29)40-28-18-14-26(15-19-28)36-32(38)22-6-10-24(34)11-7-22/h1-20H,33-34H2,(H,35,37)(H,36,38). The molecule has 0 aliphatic heterocycles. The average molecular weight is 531 g/mol. The molecule has 5 aromatic carbocycles. The van der Waals surface area contributed by atoms with Crippen molar-refractivity contribution >= 4 is 34.6 Å². The van der Waals surface area contributed by atoms with E-state index in [0.717, 1.165) is 0 Å². The van der Waals surface area contributed by atoms with Gasteiger partial charge in [-0.05, 0) is 109 Å². The highest BCUT2D eigenvalue weighted by molar-refractivity contribution is 6.05. The molecule has 0 aromatic heterocycles. The fourth-order valence-corrected chi connectivity index (χ4v) is 3.76. The molecule has 0 atom stereocenters. The average Bonchev–Trinajstić information content (AvgIpc) is 2.96. The molecule has 0 heterocycles. The Hall–Kier alpha value is -5.76. The van der Waals surface area contributed by atoms with E-state index in [9.17, 15) is 9.59 Å². The van der Waals surface area contributed by atoms with Crippen LogP contribution in [0.3, 0.4) is 0 Å². The molecule has 8 heteroatoms. The molecule has 198 valence electrons. The molecule has 0 saturated heterocycles. The lowest BCUT2D eigenvalue weighted by atomic mass is 10.2. The van der Waals surface area contributed by atoms with Crippen molar-refractivity contribution in [2.45, 2.75) is 0 Å². The maximum Gasteiger partial charge on any atom is 0.255 e. The summed E-state index contributed by atoms with van der Waals surface area (Å²) in [5.74, 6) is 1.92. The maximum absolute atomic E-state index is 12.4. The molecule has 40 heavy (non-hydrogen) atoms. The van der Waals surface area contributed by atoms with Crippen LogP contribution in [0.15, 0.2) is 121 Å². The van der Waals surface area contributed by atoms with Gasteiger partial charge in [-0.25, -0.2) is 0 Å². The van der Waals surface area contributed by atoms with Gasteiger partial charge in [-0.2, -0.15) is 0 Å². The summed E-state index contributed by atoms with van der Waals surface area (Å²) in [6, 6.07) is 34.8. The number of nitrogens with two attached hydrogens (primary N) is 2. The molecular weight excluding hydrogens is 504 g/mol. The number of nitrogen functional groups attached to an aromatic ring is 2. The van der Waals surface area contributed by atoms with Gasteiger partial charge in [0.1, 0.15) is 23.0 Å². The van der Waals surface area contributed by atoms with Crippen molar-refractivity contribution in [3.63, 3.8) is 0 Å². The molecule has 0 unspecified atom stereocenters. The van der Waals surface area contributed by atoms with Gasteiger partial charge in [0, 0.05) is 39.9 Å². The number of amides is 2. The zero-order valence-electron chi connectivity index (χ0n) is 21.3. The minimum atomic E-state index is -0.226. The maximum atomic E-state index is 12.4. The van der Waals surface area contributed by atoms with Gasteiger partial charge in [-0.3, -0.25) is 9.59 Å². The van der Waals surface area contributed by atoms with Crippen molar-refractivity contribution in [2.24, 2.45) is 0 Å². The first-order chi connectivity index (χ1) is 19.4. The van der Waals surface area contributed by atoms with Gasteiger partial charge < -0.3 is 31.6 Å². The normalized spacial score (nSPS) is 10.4. The van der Waals surface area contributed by atoms with E-state index in [2.05, 4.69) is 10.6 Å². The summed E-state index contributed by atoms with van der Waals surface area (Å²) >= 11 is 0. The quantitative estimate of drug-likeness (QED) is 0.161. The van der Waals surface area contributed by atoms with Crippen molar-refractivity contribution in [3.05, 3.63) is 132 Å². The zero-order valence-corrected chi connectivity index (χ0v) is 21.3. The van der Waals surface area contributed by atoms with Gasteiger partial charge >= 0.3 is 0 Å². The monoisotopic (exact) mass is 530 g/mol. The van der Waals surface area contributed by atoms with Crippen LogP contribution in [0.25, 0.3) is 0 Å². The predicted molar refractivity (Wildman–Crippen MR) is 157 cm³/mol. The highest BCUT2D eigenvalue weighted by Crippen LogP contribution is 2.29. The van der Waals surface area contributed by atoms with Crippen LogP contribution >= 0.6 is 0 Å². The molecule has 5 rings (SSSR count). The fourth-order valence-electron chi connectivity index (χ4n) is 3.76. The first-order valence-corrected chi connectivity index (χ1v) is 12.4. The third kappa shape index (κ3) is 6.76. The molecular formula is C32H26N4O4. The van der Waals surface area contributed by atoms with Crippen molar-refractivity contribution < 1.29 is 19.1 Å². The van der Waals surface area contributed by atoms with Crippen molar-refractivity contribution in [1.29, 1.82) is 0 Å². The number of ether oxygens (including phenoxy) is 2. The molecule has 8 nitrogen and oxygen atoms in total. The van der Waals surface area contributed by atoms with Crippen LogP contribution in [0.1, 0.15) is 20.7 Å². The van der Waals surface area contributed by atoms with E-state index in [1.807, 2.05) is 18.2 Å². The lowest BCUT2D eigenvalue weighted by Crippen LogP contribution is -2.11. The first kappa shape index (κ1) is 25.9. The Balaban J connectivity index is 1.16. The Bertz CT molecular complexity index is 1500. The van der Waals surface area contributed by atoms with Gasteiger partial charge in [-0.1, -0.05) is 6.07 Å². The Morgan fingerprint density at radius 1 is 0.475 bits per heavy atom. The number of carbonyl (C=O) groups is 2. The molecule has 0 aliphatic rings. The summed E-state index contributed by atoms with van der Waals surface area (Å²) in [7, 11) is 0. The lowest BCUT2D eigenvalue weighted by Gasteiger charge is -2.11. The van der Waals surface area contributed by atoms with Crippen LogP contribution in [0.2, 0.25) is 0 Å². The summed E-state index contributed by atoms with van der Waals surface area (Å²) < 4.78 is 11.9. The molecule has 0 spiro atoms. The van der Waals surface area contributed by atoms with E-state index >= 15 is 0 Å². The minimum Gasteiger partial charge on any atom is -0.457 e. The molecule has 0 aliphatic carbocycles. The van der Waals surface area contributed by atoms with Crippen molar-refractivity contribution in [3.8, 4) is 23.0 Å². The first-order valence-electron chi connectivity index (χ1n) is 12.4. The van der Waals surface area contributed by atoms with E-state index in [1.165, 1.54) is 0 Å². The zero-order chi connectivity index (χ0) is 27.9. The molecule has 0 bridgehead atoms. The summed E-state index contributed by atoms with van der Waals surface area (Å²) in [6.45, 7) is 0. The third-order valence-corrected chi connectivity index (χ3v) is 5.85. The van der Waals surface area contributed by atoms with Gasteiger partial charge in [-0.15, -0.1) is 0 Å². The van der Waals surface area contributed by atoms with Crippen LogP contribution in [0.5, 0.6) is 23.0 Å². The highest BCUT2D eigenvalue weighted by atomic mass is 16.5. The number of benzene rings is 5. The number of hydrogen-bond donors (Lipinski definition) is 4.